The summed E-state index contributed by atoms with van der Waals surface area (Å²) in [6.45, 7) is 4.72. The van der Waals surface area contributed by atoms with E-state index in [2.05, 4.69) is 4.99 Å². The number of guanidine groups is 1. The molecule has 1 fully saturated rings. The number of ether oxygens (including phenoxy) is 2. The largest absolute Gasteiger partial charge is 0.491 e. The summed E-state index contributed by atoms with van der Waals surface area (Å²) >= 11 is 6.23. The van der Waals surface area contributed by atoms with E-state index in [9.17, 15) is 0 Å². The molecule has 6 heteroatoms. The van der Waals surface area contributed by atoms with E-state index in [4.69, 9.17) is 26.8 Å². The second-order valence-corrected chi connectivity index (χ2v) is 5.50. The van der Waals surface area contributed by atoms with E-state index < -0.39 is 0 Å². The second kappa shape index (κ2) is 5.50. The number of nitrogens with zero attached hydrogens (tertiary/aromatic N) is 2. The zero-order valence-electron chi connectivity index (χ0n) is 11.4. The van der Waals surface area contributed by atoms with Gasteiger partial charge in [0.05, 0.1) is 12.7 Å². The Morgan fingerprint density at radius 1 is 1.50 bits per heavy atom. The normalized spacial score (nSPS) is 26.3. The first-order valence-corrected chi connectivity index (χ1v) is 7.14. The maximum atomic E-state index is 6.23. The average Bonchev–Trinajstić information content (AvgIpc) is 2.83. The lowest BCUT2D eigenvalue weighted by Crippen LogP contribution is -2.48. The third-order valence-corrected chi connectivity index (χ3v) is 3.93. The summed E-state index contributed by atoms with van der Waals surface area (Å²) in [6, 6.07) is 5.51. The van der Waals surface area contributed by atoms with Gasteiger partial charge in [-0.05, 0) is 19.1 Å². The van der Waals surface area contributed by atoms with Crippen LogP contribution in [0.15, 0.2) is 23.2 Å². The van der Waals surface area contributed by atoms with Crippen molar-refractivity contribution in [2.45, 2.75) is 19.1 Å². The SMILES string of the molecule is CC1CN(C(N)=NC2COc3cccc(Cl)c32)CCO1. The minimum atomic E-state index is -0.128. The summed E-state index contributed by atoms with van der Waals surface area (Å²) in [7, 11) is 0. The number of rotatable bonds is 1. The zero-order valence-corrected chi connectivity index (χ0v) is 12.1. The van der Waals surface area contributed by atoms with Crippen LogP contribution >= 0.6 is 11.6 Å². The highest BCUT2D eigenvalue weighted by Crippen LogP contribution is 2.39. The summed E-state index contributed by atoms with van der Waals surface area (Å²) in [5.41, 5.74) is 7.05. The highest BCUT2D eigenvalue weighted by Gasteiger charge is 2.27. The predicted octanol–water partition coefficient (Wildman–Crippen LogP) is 1.81. The minimum Gasteiger partial charge on any atom is -0.491 e. The monoisotopic (exact) mass is 295 g/mol. The number of halogens is 1. The molecule has 0 spiro atoms. The van der Waals surface area contributed by atoms with E-state index in [1.54, 1.807) is 0 Å². The smallest absolute Gasteiger partial charge is 0.192 e. The van der Waals surface area contributed by atoms with Crippen molar-refractivity contribution < 1.29 is 9.47 Å². The van der Waals surface area contributed by atoms with Crippen molar-refractivity contribution in [1.29, 1.82) is 0 Å². The molecule has 0 bridgehead atoms. The van der Waals surface area contributed by atoms with Gasteiger partial charge in [0.25, 0.3) is 0 Å². The van der Waals surface area contributed by atoms with Crippen molar-refractivity contribution >= 4 is 17.6 Å². The molecule has 1 aromatic carbocycles. The third kappa shape index (κ3) is 2.55. The van der Waals surface area contributed by atoms with Gasteiger partial charge in [-0.2, -0.15) is 0 Å². The number of fused-ring (bicyclic) bond motifs is 1. The van der Waals surface area contributed by atoms with Crippen molar-refractivity contribution in [2.75, 3.05) is 26.3 Å². The summed E-state index contributed by atoms with van der Waals surface area (Å²) < 4.78 is 11.1. The summed E-state index contributed by atoms with van der Waals surface area (Å²) in [6.07, 6.45) is 0.174. The van der Waals surface area contributed by atoms with E-state index in [0.29, 0.717) is 24.2 Å². The molecule has 2 N–H and O–H groups in total. The van der Waals surface area contributed by atoms with Crippen molar-refractivity contribution in [1.82, 2.24) is 4.90 Å². The van der Waals surface area contributed by atoms with Gasteiger partial charge in [0.15, 0.2) is 5.96 Å². The standard InChI is InChI=1S/C14H18ClN3O2/c1-9-7-18(5-6-19-9)14(16)17-11-8-20-12-4-2-3-10(15)13(11)12/h2-4,9,11H,5-8H2,1H3,(H2,16,17). The Bertz CT molecular complexity index is 535. The quantitative estimate of drug-likeness (QED) is 0.634. The number of hydrogen-bond donors (Lipinski definition) is 1. The van der Waals surface area contributed by atoms with Gasteiger partial charge in [-0.1, -0.05) is 17.7 Å². The Morgan fingerprint density at radius 2 is 2.35 bits per heavy atom. The maximum absolute atomic E-state index is 6.23. The zero-order chi connectivity index (χ0) is 14.1. The highest BCUT2D eigenvalue weighted by atomic mass is 35.5. The molecule has 1 saturated heterocycles. The van der Waals surface area contributed by atoms with Crippen molar-refractivity contribution in [2.24, 2.45) is 10.7 Å². The minimum absolute atomic E-state index is 0.128. The topological polar surface area (TPSA) is 60.1 Å². The van der Waals surface area contributed by atoms with Crippen molar-refractivity contribution in [3.05, 3.63) is 28.8 Å². The lowest BCUT2D eigenvalue weighted by atomic mass is 10.1. The molecule has 0 saturated carbocycles. The van der Waals surface area contributed by atoms with Crippen LogP contribution in [0, 0.1) is 0 Å². The molecule has 0 radical (unpaired) electrons. The first-order chi connectivity index (χ1) is 9.65. The number of hydrogen-bond acceptors (Lipinski definition) is 3. The number of morpholine rings is 1. The molecular weight excluding hydrogens is 278 g/mol. The fraction of sp³-hybridized carbons (Fsp3) is 0.500. The van der Waals surface area contributed by atoms with E-state index in [-0.39, 0.29) is 12.1 Å². The second-order valence-electron chi connectivity index (χ2n) is 5.09. The molecule has 2 atom stereocenters. The molecule has 2 heterocycles. The molecular formula is C14H18ClN3O2. The Kier molecular flexibility index (Phi) is 3.72. The van der Waals surface area contributed by atoms with Gasteiger partial charge >= 0.3 is 0 Å². The molecule has 2 aliphatic heterocycles. The van der Waals surface area contributed by atoms with Gasteiger partial charge in [-0.25, -0.2) is 4.99 Å². The van der Waals surface area contributed by atoms with Crippen LogP contribution in [-0.4, -0.2) is 43.3 Å². The van der Waals surface area contributed by atoms with Gasteiger partial charge in [0.1, 0.15) is 18.4 Å². The third-order valence-electron chi connectivity index (χ3n) is 3.60. The van der Waals surface area contributed by atoms with Gasteiger partial charge < -0.3 is 20.1 Å². The maximum Gasteiger partial charge on any atom is 0.192 e. The van der Waals surface area contributed by atoms with Crippen LogP contribution in [0.1, 0.15) is 18.5 Å². The first kappa shape index (κ1) is 13.5. The highest BCUT2D eigenvalue weighted by molar-refractivity contribution is 6.31. The van der Waals surface area contributed by atoms with E-state index in [1.165, 1.54) is 0 Å². The average molecular weight is 296 g/mol. The summed E-state index contributed by atoms with van der Waals surface area (Å²) in [5, 5.41) is 0.678. The van der Waals surface area contributed by atoms with Crippen LogP contribution < -0.4 is 10.5 Å². The van der Waals surface area contributed by atoms with E-state index in [1.807, 2.05) is 30.0 Å². The fourth-order valence-corrected chi connectivity index (χ4v) is 2.88. The van der Waals surface area contributed by atoms with E-state index in [0.717, 1.165) is 24.4 Å². The Morgan fingerprint density at radius 3 is 3.15 bits per heavy atom. The van der Waals surface area contributed by atoms with Gasteiger partial charge in [0.2, 0.25) is 0 Å². The summed E-state index contributed by atoms with van der Waals surface area (Å²) in [4.78, 5) is 6.64. The Labute approximate surface area is 123 Å². The molecule has 1 aromatic rings. The van der Waals surface area contributed by atoms with Crippen LogP contribution in [-0.2, 0) is 4.74 Å². The molecule has 0 amide bonds. The molecule has 0 aromatic heterocycles. The van der Waals surface area contributed by atoms with E-state index >= 15 is 0 Å². The van der Waals surface area contributed by atoms with Crippen LogP contribution in [0.4, 0.5) is 0 Å². The van der Waals surface area contributed by atoms with Crippen molar-refractivity contribution in [3.8, 4) is 5.75 Å². The molecule has 5 nitrogen and oxygen atoms in total. The molecule has 2 aliphatic rings. The van der Waals surface area contributed by atoms with Gasteiger partial charge in [0, 0.05) is 23.7 Å². The lowest BCUT2D eigenvalue weighted by Gasteiger charge is -2.32. The lowest BCUT2D eigenvalue weighted by molar-refractivity contribution is 0.00520. The molecule has 108 valence electrons. The molecule has 0 aliphatic carbocycles. The van der Waals surface area contributed by atoms with Crippen LogP contribution in [0.25, 0.3) is 0 Å². The van der Waals surface area contributed by atoms with Gasteiger partial charge in [-0.3, -0.25) is 0 Å². The van der Waals surface area contributed by atoms with Crippen LogP contribution in [0.2, 0.25) is 5.02 Å². The van der Waals surface area contributed by atoms with Crippen molar-refractivity contribution in [3.63, 3.8) is 0 Å². The van der Waals surface area contributed by atoms with Crippen LogP contribution in [0.3, 0.4) is 0 Å². The molecule has 3 rings (SSSR count). The van der Waals surface area contributed by atoms with Crippen LogP contribution in [0.5, 0.6) is 5.75 Å². The number of benzene rings is 1. The molecule has 2 unspecified atom stereocenters. The fourth-order valence-electron chi connectivity index (χ4n) is 2.59. The number of aliphatic imine (C=N–C) groups is 1. The predicted molar refractivity (Wildman–Crippen MR) is 78.3 cm³/mol. The van der Waals surface area contributed by atoms with Gasteiger partial charge in [-0.15, -0.1) is 0 Å². The first-order valence-electron chi connectivity index (χ1n) is 6.76. The molecule has 20 heavy (non-hydrogen) atoms. The Balaban J connectivity index is 1.80. The Hall–Kier alpha value is -1.46. The number of nitrogens with two attached hydrogens (primary N) is 1. The summed E-state index contributed by atoms with van der Waals surface area (Å²) in [5.74, 6) is 1.33.